The quantitative estimate of drug-likeness (QED) is 0.287. The lowest BCUT2D eigenvalue weighted by Crippen LogP contribution is -2.44. The van der Waals surface area contributed by atoms with Crippen molar-refractivity contribution >= 4 is 46.1 Å². The first-order valence-electron chi connectivity index (χ1n) is 12.1. The van der Waals surface area contributed by atoms with Gasteiger partial charge in [0.25, 0.3) is 5.91 Å². The molecule has 2 aromatic heterocycles. The van der Waals surface area contributed by atoms with Gasteiger partial charge in [-0.1, -0.05) is 37.3 Å². The molecule has 190 valence electrons. The summed E-state index contributed by atoms with van der Waals surface area (Å²) < 4.78 is 13.2. The Bertz CT molecular complexity index is 1210. The smallest absolute Gasteiger partial charge is 0.262 e. The van der Waals surface area contributed by atoms with Crippen LogP contribution in [0.4, 0.5) is 15.8 Å². The highest BCUT2D eigenvalue weighted by Gasteiger charge is 2.28. The molecule has 3 aromatic rings. The molecule has 1 aromatic carbocycles. The maximum absolute atomic E-state index is 13.2. The van der Waals surface area contributed by atoms with E-state index in [0.29, 0.717) is 27.9 Å². The Morgan fingerprint density at radius 2 is 1.89 bits per heavy atom. The molecule has 36 heavy (non-hydrogen) atoms. The average molecular weight is 529 g/mol. The van der Waals surface area contributed by atoms with E-state index in [2.05, 4.69) is 20.9 Å². The Morgan fingerprint density at radius 1 is 1.17 bits per heavy atom. The number of anilines is 2. The summed E-state index contributed by atoms with van der Waals surface area (Å²) in [5, 5.41) is 9.71. The first-order valence-corrected chi connectivity index (χ1v) is 13.3. The Morgan fingerprint density at radius 3 is 2.61 bits per heavy atom. The van der Waals surface area contributed by atoms with Crippen LogP contribution in [0.3, 0.4) is 0 Å². The summed E-state index contributed by atoms with van der Waals surface area (Å²) in [6.07, 6.45) is 6.59. The molecule has 0 radical (unpaired) electrons. The van der Waals surface area contributed by atoms with Gasteiger partial charge in [-0.3, -0.25) is 14.6 Å². The van der Waals surface area contributed by atoms with Crippen molar-refractivity contribution in [1.29, 1.82) is 0 Å². The predicted octanol–water partition coefficient (Wildman–Crippen LogP) is 6.73. The van der Waals surface area contributed by atoms with Crippen molar-refractivity contribution < 1.29 is 14.0 Å². The van der Waals surface area contributed by atoms with Crippen molar-refractivity contribution in [2.24, 2.45) is 5.92 Å². The van der Waals surface area contributed by atoms with Gasteiger partial charge in [-0.25, -0.2) is 4.39 Å². The zero-order chi connectivity index (χ0) is 25.7. The van der Waals surface area contributed by atoms with Crippen LogP contribution in [0.2, 0.25) is 5.02 Å². The van der Waals surface area contributed by atoms with Crippen molar-refractivity contribution in [3.05, 3.63) is 74.9 Å². The fourth-order valence-corrected chi connectivity index (χ4v) is 5.54. The molecule has 9 heteroatoms. The number of benzene rings is 1. The number of amides is 2. The number of nitrogens with one attached hydrogen (secondary N) is 3. The number of carbonyl (C=O) groups excluding carboxylic acids is 2. The molecule has 3 N–H and O–H groups in total. The third-order valence-corrected chi connectivity index (χ3v) is 7.95. The van der Waals surface area contributed by atoms with Gasteiger partial charge in [0.2, 0.25) is 5.91 Å². The number of aromatic nitrogens is 1. The van der Waals surface area contributed by atoms with Gasteiger partial charge in [0.05, 0.1) is 27.3 Å². The first kappa shape index (κ1) is 26.1. The summed E-state index contributed by atoms with van der Waals surface area (Å²) >= 11 is 7.46. The van der Waals surface area contributed by atoms with E-state index >= 15 is 0 Å². The average Bonchev–Trinajstić information content (AvgIpc) is 3.55. The summed E-state index contributed by atoms with van der Waals surface area (Å²) in [5.74, 6) is -0.552. The molecule has 2 atom stereocenters. The number of pyridine rings is 1. The Kier molecular flexibility index (Phi) is 8.59. The SMILES string of the molecule is Cc1ncc(Cl)cc1N[C@@H](C)c1ccc(C(=O)N[C@@H](CC2CCCC2)C(=O)Nc2ccc(F)cc2)s1. The summed E-state index contributed by atoms with van der Waals surface area (Å²) in [4.78, 5) is 32.0. The second-order valence-electron chi connectivity index (χ2n) is 9.26. The van der Waals surface area contributed by atoms with Crippen LogP contribution in [-0.4, -0.2) is 22.8 Å². The molecule has 1 aliphatic carbocycles. The lowest BCUT2D eigenvalue weighted by molar-refractivity contribution is -0.118. The highest BCUT2D eigenvalue weighted by molar-refractivity contribution is 7.14. The first-order chi connectivity index (χ1) is 17.3. The minimum atomic E-state index is -0.674. The van der Waals surface area contributed by atoms with Gasteiger partial charge in [-0.05, 0) is 68.7 Å². The van der Waals surface area contributed by atoms with Gasteiger partial charge < -0.3 is 16.0 Å². The Labute approximate surface area is 219 Å². The zero-order valence-electron chi connectivity index (χ0n) is 20.3. The minimum absolute atomic E-state index is 0.0634. The van der Waals surface area contributed by atoms with Crippen LogP contribution in [0.1, 0.15) is 65.3 Å². The fourth-order valence-electron chi connectivity index (χ4n) is 4.47. The molecule has 0 unspecified atom stereocenters. The third kappa shape index (κ3) is 6.83. The van der Waals surface area contributed by atoms with E-state index in [-0.39, 0.29) is 23.7 Å². The number of nitrogens with zero attached hydrogens (tertiary/aromatic N) is 1. The molecule has 6 nitrogen and oxygen atoms in total. The second kappa shape index (κ2) is 11.8. The second-order valence-corrected chi connectivity index (χ2v) is 10.8. The number of rotatable bonds is 9. The lowest BCUT2D eigenvalue weighted by Gasteiger charge is -2.21. The highest BCUT2D eigenvalue weighted by atomic mass is 35.5. The summed E-state index contributed by atoms with van der Waals surface area (Å²) in [5.41, 5.74) is 2.17. The van der Waals surface area contributed by atoms with E-state index < -0.39 is 6.04 Å². The zero-order valence-corrected chi connectivity index (χ0v) is 21.9. The van der Waals surface area contributed by atoms with Crippen molar-refractivity contribution in [2.75, 3.05) is 10.6 Å². The van der Waals surface area contributed by atoms with Crippen molar-refractivity contribution in [1.82, 2.24) is 10.3 Å². The molecule has 1 fully saturated rings. The molecule has 0 bridgehead atoms. The van der Waals surface area contributed by atoms with Gasteiger partial charge in [-0.2, -0.15) is 0 Å². The number of aryl methyl sites for hydroxylation is 1. The van der Waals surface area contributed by atoms with Crippen LogP contribution in [0, 0.1) is 18.7 Å². The number of hydrogen-bond donors (Lipinski definition) is 3. The van der Waals surface area contributed by atoms with Crippen LogP contribution in [0.5, 0.6) is 0 Å². The van der Waals surface area contributed by atoms with Gasteiger partial charge in [-0.15, -0.1) is 11.3 Å². The lowest BCUT2D eigenvalue weighted by atomic mass is 9.97. The predicted molar refractivity (Wildman–Crippen MR) is 143 cm³/mol. The highest BCUT2D eigenvalue weighted by Crippen LogP contribution is 2.30. The molecule has 0 aliphatic heterocycles. The molecule has 4 rings (SSSR count). The monoisotopic (exact) mass is 528 g/mol. The summed E-state index contributed by atoms with van der Waals surface area (Å²) in [7, 11) is 0. The van der Waals surface area contributed by atoms with Crippen molar-refractivity contribution in [2.45, 2.75) is 58.0 Å². The normalized spacial score (nSPS) is 15.3. The number of thiophene rings is 1. The standard InChI is InChI=1S/C27H30ClFN4O2S/c1-16-22(14-19(28)15-30-16)31-17(2)24-11-12-25(36-24)27(35)33-23(13-18-5-3-4-6-18)26(34)32-21-9-7-20(29)8-10-21/h7-12,14-15,17-18,23,31H,3-6,13H2,1-2H3,(H,32,34)(H,33,35)/t17-,23-/m0/s1. The molecule has 2 heterocycles. The van der Waals surface area contributed by atoms with E-state index in [1.807, 2.05) is 26.0 Å². The summed E-state index contributed by atoms with van der Waals surface area (Å²) in [6.45, 7) is 3.91. The number of hydrogen-bond acceptors (Lipinski definition) is 5. The molecule has 1 aliphatic rings. The van der Waals surface area contributed by atoms with Crippen LogP contribution < -0.4 is 16.0 Å². The van der Waals surface area contributed by atoms with Gasteiger partial charge in [0.15, 0.2) is 0 Å². The molecule has 0 spiro atoms. The van der Waals surface area contributed by atoms with Crippen molar-refractivity contribution in [3.63, 3.8) is 0 Å². The minimum Gasteiger partial charge on any atom is -0.376 e. The molecule has 0 saturated heterocycles. The third-order valence-electron chi connectivity index (χ3n) is 6.48. The number of halogens is 2. The topological polar surface area (TPSA) is 83.1 Å². The van der Waals surface area contributed by atoms with Gasteiger partial charge >= 0.3 is 0 Å². The van der Waals surface area contributed by atoms with Crippen molar-refractivity contribution in [3.8, 4) is 0 Å². The molecular weight excluding hydrogens is 499 g/mol. The summed E-state index contributed by atoms with van der Waals surface area (Å²) in [6, 6.07) is 10.4. The Hall–Kier alpha value is -2.97. The van der Waals surface area contributed by atoms with Crippen LogP contribution in [0.15, 0.2) is 48.7 Å². The van der Waals surface area contributed by atoms with Crippen LogP contribution in [0.25, 0.3) is 0 Å². The Balaban J connectivity index is 1.43. The van der Waals surface area contributed by atoms with Crippen LogP contribution in [-0.2, 0) is 4.79 Å². The largest absolute Gasteiger partial charge is 0.376 e. The fraction of sp³-hybridized carbons (Fsp3) is 0.370. The van der Waals surface area contributed by atoms with Gasteiger partial charge in [0.1, 0.15) is 11.9 Å². The van der Waals surface area contributed by atoms with Gasteiger partial charge in [0, 0.05) is 16.8 Å². The molecule has 2 amide bonds. The molecule has 1 saturated carbocycles. The maximum atomic E-state index is 13.2. The number of carbonyl (C=O) groups is 2. The maximum Gasteiger partial charge on any atom is 0.262 e. The van der Waals surface area contributed by atoms with E-state index in [1.54, 1.807) is 12.3 Å². The van der Waals surface area contributed by atoms with Crippen LogP contribution >= 0.6 is 22.9 Å². The van der Waals surface area contributed by atoms with E-state index in [9.17, 15) is 14.0 Å². The van der Waals surface area contributed by atoms with E-state index in [1.165, 1.54) is 35.6 Å². The molecular formula is C27H30ClFN4O2S. The van der Waals surface area contributed by atoms with E-state index in [0.717, 1.165) is 41.9 Å². The van der Waals surface area contributed by atoms with E-state index in [4.69, 9.17) is 11.6 Å².